The van der Waals surface area contributed by atoms with Crippen LogP contribution in [0.4, 0.5) is 0 Å². The molecule has 0 aliphatic rings. The second-order valence-electron chi connectivity index (χ2n) is 4.22. The van der Waals surface area contributed by atoms with Crippen LogP contribution in [0.15, 0.2) is 16.8 Å². The van der Waals surface area contributed by atoms with Gasteiger partial charge in [0.25, 0.3) is 5.91 Å². The number of hydrogen-bond acceptors (Lipinski definition) is 5. The van der Waals surface area contributed by atoms with Crippen LogP contribution in [0.1, 0.15) is 35.2 Å². The van der Waals surface area contributed by atoms with Crippen molar-refractivity contribution in [3.63, 3.8) is 0 Å². The average Bonchev–Trinajstić information content (AvgIpc) is 3.05. The Balaban J connectivity index is 1.95. The first-order valence-corrected chi connectivity index (χ1v) is 6.44. The fourth-order valence-electron chi connectivity index (χ4n) is 1.57. The summed E-state index contributed by atoms with van der Waals surface area (Å²) in [5.74, 6) is 0.606. The van der Waals surface area contributed by atoms with Gasteiger partial charge in [-0.05, 0) is 13.0 Å². The molecule has 7 nitrogen and oxygen atoms in total. The van der Waals surface area contributed by atoms with E-state index < -0.39 is 6.04 Å². The van der Waals surface area contributed by atoms with Gasteiger partial charge in [0.1, 0.15) is 11.7 Å². The number of aromatic amines is 1. The van der Waals surface area contributed by atoms with Crippen molar-refractivity contribution in [1.82, 2.24) is 20.4 Å². The number of nitrogens with one attached hydrogen (secondary N) is 2. The van der Waals surface area contributed by atoms with E-state index in [0.29, 0.717) is 35.5 Å². The van der Waals surface area contributed by atoms with Crippen molar-refractivity contribution < 1.29 is 14.1 Å². The molecule has 8 heteroatoms. The predicted molar refractivity (Wildman–Crippen MR) is 71.6 cm³/mol. The molecular weight excluding hydrogens is 284 g/mol. The van der Waals surface area contributed by atoms with E-state index >= 15 is 0 Å². The zero-order valence-electron chi connectivity index (χ0n) is 11.1. The van der Waals surface area contributed by atoms with Gasteiger partial charge >= 0.3 is 0 Å². The van der Waals surface area contributed by atoms with Crippen molar-refractivity contribution >= 4 is 17.5 Å². The Morgan fingerprint density at radius 2 is 2.45 bits per heavy atom. The molecule has 2 heterocycles. The largest absolute Gasteiger partial charge is 0.384 e. The molecule has 0 fully saturated rings. The molecule has 0 aliphatic carbocycles. The van der Waals surface area contributed by atoms with Crippen molar-refractivity contribution in [2.24, 2.45) is 0 Å². The van der Waals surface area contributed by atoms with Crippen molar-refractivity contribution in [3.8, 4) is 0 Å². The number of nitrogens with zero attached hydrogens (tertiary/aromatic N) is 2. The van der Waals surface area contributed by atoms with Gasteiger partial charge in [-0.3, -0.25) is 4.79 Å². The van der Waals surface area contributed by atoms with Crippen LogP contribution in [0, 0.1) is 0 Å². The fraction of sp³-hybridized carbons (Fsp3) is 0.417. The fourth-order valence-corrected chi connectivity index (χ4v) is 1.74. The van der Waals surface area contributed by atoms with E-state index in [1.807, 2.05) is 0 Å². The summed E-state index contributed by atoms with van der Waals surface area (Å²) in [6, 6.07) is 1.15. The third-order valence-electron chi connectivity index (χ3n) is 2.62. The molecule has 0 saturated heterocycles. The molecule has 1 unspecified atom stereocenters. The second-order valence-corrected chi connectivity index (χ2v) is 4.65. The maximum Gasteiger partial charge on any atom is 0.268 e. The average molecular weight is 299 g/mol. The maximum atomic E-state index is 11.9. The zero-order valence-corrected chi connectivity index (χ0v) is 11.9. The van der Waals surface area contributed by atoms with Crippen molar-refractivity contribution in [3.05, 3.63) is 34.7 Å². The number of halogens is 1. The van der Waals surface area contributed by atoms with Gasteiger partial charge in [0, 0.05) is 19.7 Å². The standard InChI is InChI=1S/C12H15ClN4O3/c1-7(12-16-10(17-20-12)3-4-19-2)15-11(18)9-5-8(13)6-14-9/h5-7,14H,3-4H2,1-2H3,(H,15,18). The summed E-state index contributed by atoms with van der Waals surface area (Å²) in [4.78, 5) is 18.9. The number of amides is 1. The van der Waals surface area contributed by atoms with E-state index in [2.05, 4.69) is 20.4 Å². The zero-order chi connectivity index (χ0) is 14.5. The lowest BCUT2D eigenvalue weighted by atomic mass is 10.3. The van der Waals surface area contributed by atoms with Gasteiger partial charge < -0.3 is 19.6 Å². The molecule has 1 atom stereocenters. The van der Waals surface area contributed by atoms with Crippen molar-refractivity contribution in [1.29, 1.82) is 0 Å². The number of carbonyl (C=O) groups is 1. The smallest absolute Gasteiger partial charge is 0.268 e. The monoisotopic (exact) mass is 298 g/mol. The summed E-state index contributed by atoms with van der Waals surface area (Å²) in [6.07, 6.45) is 2.10. The van der Waals surface area contributed by atoms with Crippen LogP contribution in [0.2, 0.25) is 5.02 Å². The Morgan fingerprint density at radius 3 is 3.10 bits per heavy atom. The first-order valence-electron chi connectivity index (χ1n) is 6.06. The number of methoxy groups -OCH3 is 1. The molecular formula is C12H15ClN4O3. The van der Waals surface area contributed by atoms with E-state index in [4.69, 9.17) is 20.9 Å². The number of rotatable bonds is 6. The first-order chi connectivity index (χ1) is 9.60. The van der Waals surface area contributed by atoms with E-state index in [-0.39, 0.29) is 5.91 Å². The van der Waals surface area contributed by atoms with Crippen molar-refractivity contribution in [2.75, 3.05) is 13.7 Å². The summed E-state index contributed by atoms with van der Waals surface area (Å²) in [5, 5.41) is 7.03. The predicted octanol–water partition coefficient (Wildman–Crippen LogP) is 1.73. The number of hydrogen-bond donors (Lipinski definition) is 2. The Hall–Kier alpha value is -1.86. The molecule has 2 N–H and O–H groups in total. The highest BCUT2D eigenvalue weighted by molar-refractivity contribution is 6.30. The molecule has 0 bridgehead atoms. The highest BCUT2D eigenvalue weighted by Crippen LogP contribution is 2.13. The normalized spacial score (nSPS) is 12.3. The molecule has 108 valence electrons. The quantitative estimate of drug-likeness (QED) is 0.847. The second kappa shape index (κ2) is 6.53. The third kappa shape index (κ3) is 3.58. The minimum absolute atomic E-state index is 0.291. The Labute approximate surface area is 120 Å². The Morgan fingerprint density at radius 1 is 1.65 bits per heavy atom. The van der Waals surface area contributed by atoms with Crippen LogP contribution in [-0.4, -0.2) is 34.7 Å². The molecule has 2 rings (SSSR count). The highest BCUT2D eigenvalue weighted by atomic mass is 35.5. The molecule has 0 radical (unpaired) electrons. The summed E-state index contributed by atoms with van der Waals surface area (Å²) >= 11 is 5.75. The molecule has 0 saturated carbocycles. The van der Waals surface area contributed by atoms with Crippen LogP contribution in [0.3, 0.4) is 0 Å². The number of aromatic nitrogens is 3. The summed E-state index contributed by atoms with van der Waals surface area (Å²) < 4.78 is 10.0. The van der Waals surface area contributed by atoms with E-state index in [9.17, 15) is 4.79 Å². The van der Waals surface area contributed by atoms with Gasteiger partial charge in [-0.15, -0.1) is 0 Å². The lowest BCUT2D eigenvalue weighted by molar-refractivity contribution is 0.0928. The summed E-state index contributed by atoms with van der Waals surface area (Å²) in [7, 11) is 1.60. The Kier molecular flexibility index (Phi) is 4.75. The van der Waals surface area contributed by atoms with Gasteiger partial charge in [0.2, 0.25) is 5.89 Å². The molecule has 0 spiro atoms. The summed E-state index contributed by atoms with van der Waals surface area (Å²) in [6.45, 7) is 2.27. The lowest BCUT2D eigenvalue weighted by Crippen LogP contribution is -2.27. The van der Waals surface area contributed by atoms with Gasteiger partial charge in [-0.1, -0.05) is 16.8 Å². The SMILES string of the molecule is COCCc1noc(C(C)NC(=O)c2cc(Cl)c[nH]2)n1. The van der Waals surface area contributed by atoms with Crippen LogP contribution in [0.25, 0.3) is 0 Å². The van der Waals surface area contributed by atoms with Gasteiger partial charge in [0.15, 0.2) is 5.82 Å². The number of ether oxygens (including phenoxy) is 1. The lowest BCUT2D eigenvalue weighted by Gasteiger charge is -2.08. The van der Waals surface area contributed by atoms with Gasteiger partial charge in [-0.2, -0.15) is 4.98 Å². The molecule has 1 amide bonds. The minimum atomic E-state index is -0.395. The minimum Gasteiger partial charge on any atom is -0.384 e. The molecule has 0 aliphatic heterocycles. The van der Waals surface area contributed by atoms with Gasteiger partial charge in [-0.25, -0.2) is 0 Å². The molecule has 20 heavy (non-hydrogen) atoms. The first kappa shape index (κ1) is 14.5. The summed E-state index contributed by atoms with van der Waals surface area (Å²) in [5.41, 5.74) is 0.376. The maximum absolute atomic E-state index is 11.9. The Bertz CT molecular complexity index is 581. The van der Waals surface area contributed by atoms with E-state index in [1.54, 1.807) is 20.1 Å². The van der Waals surface area contributed by atoms with E-state index in [0.717, 1.165) is 0 Å². The van der Waals surface area contributed by atoms with Crippen molar-refractivity contribution in [2.45, 2.75) is 19.4 Å². The number of H-pyrrole nitrogens is 1. The molecule has 2 aromatic heterocycles. The van der Waals surface area contributed by atoms with Crippen LogP contribution < -0.4 is 5.32 Å². The van der Waals surface area contributed by atoms with E-state index in [1.165, 1.54) is 6.20 Å². The van der Waals surface area contributed by atoms with Crippen LogP contribution in [0.5, 0.6) is 0 Å². The van der Waals surface area contributed by atoms with Gasteiger partial charge in [0.05, 0.1) is 11.6 Å². The third-order valence-corrected chi connectivity index (χ3v) is 2.84. The number of carbonyl (C=O) groups excluding carboxylic acids is 1. The highest BCUT2D eigenvalue weighted by Gasteiger charge is 2.18. The molecule has 0 aromatic carbocycles. The van der Waals surface area contributed by atoms with Crippen LogP contribution >= 0.6 is 11.6 Å². The topological polar surface area (TPSA) is 93.0 Å². The molecule has 2 aromatic rings. The van der Waals surface area contributed by atoms with Crippen LogP contribution in [-0.2, 0) is 11.2 Å².